The standard InChI is InChI=1S/C12H13Cl3O2S/c13-9-4-6-10(7-5-9)18(16,17)11-3-1-2-8-12(11,14)15/h4-7,11H,1-3,8H2. The Balaban J connectivity index is 2.38. The molecule has 1 aromatic rings. The van der Waals surface area contributed by atoms with Gasteiger partial charge in [-0.1, -0.05) is 24.4 Å². The lowest BCUT2D eigenvalue weighted by molar-refractivity contribution is 0.463. The van der Waals surface area contributed by atoms with Gasteiger partial charge in [0.25, 0.3) is 0 Å². The normalized spacial score (nSPS) is 23.8. The Morgan fingerprint density at radius 3 is 2.28 bits per heavy atom. The van der Waals surface area contributed by atoms with E-state index in [4.69, 9.17) is 34.8 Å². The minimum atomic E-state index is -3.51. The van der Waals surface area contributed by atoms with E-state index in [1.165, 1.54) is 12.1 Å². The second-order valence-electron chi connectivity index (χ2n) is 4.49. The highest BCUT2D eigenvalue weighted by Gasteiger charge is 2.45. The zero-order chi connectivity index (χ0) is 13.4. The van der Waals surface area contributed by atoms with Crippen LogP contribution in [0.2, 0.25) is 5.02 Å². The number of halogens is 3. The van der Waals surface area contributed by atoms with Gasteiger partial charge in [0, 0.05) is 5.02 Å². The van der Waals surface area contributed by atoms with Crippen molar-refractivity contribution in [3.8, 4) is 0 Å². The van der Waals surface area contributed by atoms with E-state index in [-0.39, 0.29) is 4.90 Å². The van der Waals surface area contributed by atoms with Crippen molar-refractivity contribution < 1.29 is 8.42 Å². The maximum atomic E-state index is 12.5. The second kappa shape index (κ2) is 5.20. The highest BCUT2D eigenvalue weighted by Crippen LogP contribution is 2.43. The first-order valence-electron chi connectivity index (χ1n) is 5.71. The van der Waals surface area contributed by atoms with Gasteiger partial charge >= 0.3 is 0 Å². The average Bonchev–Trinajstić information content (AvgIpc) is 2.28. The van der Waals surface area contributed by atoms with Crippen molar-refractivity contribution in [3.63, 3.8) is 0 Å². The fourth-order valence-electron chi connectivity index (χ4n) is 2.23. The molecule has 0 N–H and O–H groups in total. The highest BCUT2D eigenvalue weighted by molar-refractivity contribution is 7.92. The topological polar surface area (TPSA) is 34.1 Å². The molecule has 0 radical (unpaired) electrons. The lowest BCUT2D eigenvalue weighted by Crippen LogP contribution is -2.40. The highest BCUT2D eigenvalue weighted by atomic mass is 35.5. The SMILES string of the molecule is O=S(=O)(c1ccc(Cl)cc1)C1CCCCC1(Cl)Cl. The van der Waals surface area contributed by atoms with Crippen molar-refractivity contribution in [1.29, 1.82) is 0 Å². The largest absolute Gasteiger partial charge is 0.223 e. The molecular formula is C12H13Cl3O2S. The molecular weight excluding hydrogens is 315 g/mol. The zero-order valence-electron chi connectivity index (χ0n) is 9.57. The molecule has 0 heterocycles. The molecule has 1 aliphatic carbocycles. The van der Waals surface area contributed by atoms with Crippen LogP contribution in [0.15, 0.2) is 29.2 Å². The first-order valence-corrected chi connectivity index (χ1v) is 8.39. The van der Waals surface area contributed by atoms with Crippen molar-refractivity contribution in [2.45, 2.75) is 40.2 Å². The van der Waals surface area contributed by atoms with Crippen LogP contribution >= 0.6 is 34.8 Å². The summed E-state index contributed by atoms with van der Waals surface area (Å²) in [4.78, 5) is 0.226. The second-order valence-corrected chi connectivity index (χ2v) is 8.60. The van der Waals surface area contributed by atoms with Gasteiger partial charge in [-0.05, 0) is 37.1 Å². The molecule has 0 spiro atoms. The Morgan fingerprint density at radius 1 is 1.11 bits per heavy atom. The fraction of sp³-hybridized carbons (Fsp3) is 0.500. The van der Waals surface area contributed by atoms with E-state index in [1.54, 1.807) is 12.1 Å². The van der Waals surface area contributed by atoms with Crippen LogP contribution < -0.4 is 0 Å². The number of hydrogen-bond donors (Lipinski definition) is 0. The van der Waals surface area contributed by atoms with Crippen LogP contribution in [0.25, 0.3) is 0 Å². The molecule has 18 heavy (non-hydrogen) atoms. The van der Waals surface area contributed by atoms with Crippen molar-refractivity contribution in [3.05, 3.63) is 29.3 Å². The van der Waals surface area contributed by atoms with Crippen LogP contribution in [0.3, 0.4) is 0 Å². The third-order valence-electron chi connectivity index (χ3n) is 3.21. The Hall–Kier alpha value is 0.0400. The minimum absolute atomic E-state index is 0.226. The van der Waals surface area contributed by atoms with Crippen LogP contribution in [-0.2, 0) is 9.84 Å². The van der Waals surface area contributed by atoms with E-state index in [0.717, 1.165) is 12.8 Å². The zero-order valence-corrected chi connectivity index (χ0v) is 12.7. The first kappa shape index (κ1) is 14.4. The van der Waals surface area contributed by atoms with Crippen LogP contribution in [-0.4, -0.2) is 18.0 Å². The van der Waals surface area contributed by atoms with Gasteiger partial charge in [-0.3, -0.25) is 0 Å². The van der Waals surface area contributed by atoms with Crippen LogP contribution in [0.5, 0.6) is 0 Å². The summed E-state index contributed by atoms with van der Waals surface area (Å²) < 4.78 is 23.8. The molecule has 1 aromatic carbocycles. The Morgan fingerprint density at radius 2 is 1.72 bits per heavy atom. The minimum Gasteiger partial charge on any atom is -0.223 e. The Labute approximate surface area is 122 Å². The third-order valence-corrected chi connectivity index (χ3v) is 6.95. The molecule has 100 valence electrons. The first-order chi connectivity index (χ1) is 8.34. The number of hydrogen-bond acceptors (Lipinski definition) is 2. The molecule has 2 rings (SSSR count). The number of benzene rings is 1. The van der Waals surface area contributed by atoms with E-state index >= 15 is 0 Å². The molecule has 0 saturated heterocycles. The molecule has 6 heteroatoms. The lowest BCUT2D eigenvalue weighted by atomic mass is 9.99. The molecule has 1 saturated carbocycles. The molecule has 0 aromatic heterocycles. The number of sulfone groups is 1. The van der Waals surface area contributed by atoms with E-state index < -0.39 is 19.4 Å². The average molecular weight is 328 g/mol. The van der Waals surface area contributed by atoms with Crippen molar-refractivity contribution >= 4 is 44.6 Å². The summed E-state index contributed by atoms with van der Waals surface area (Å²) in [5, 5.41) is -0.246. The quantitative estimate of drug-likeness (QED) is 0.762. The van der Waals surface area contributed by atoms with Crippen molar-refractivity contribution in [2.75, 3.05) is 0 Å². The molecule has 0 bridgehead atoms. The van der Waals surface area contributed by atoms with Gasteiger partial charge in [0.15, 0.2) is 9.84 Å². The van der Waals surface area contributed by atoms with E-state index in [9.17, 15) is 8.42 Å². The summed E-state index contributed by atoms with van der Waals surface area (Å²) in [6.07, 6.45) is 2.70. The summed E-state index contributed by atoms with van der Waals surface area (Å²) in [5.41, 5.74) is 0. The maximum absolute atomic E-state index is 12.5. The monoisotopic (exact) mass is 326 g/mol. The van der Waals surface area contributed by atoms with Gasteiger partial charge in [0.05, 0.1) is 10.1 Å². The van der Waals surface area contributed by atoms with Gasteiger partial charge in [0.2, 0.25) is 0 Å². The van der Waals surface area contributed by atoms with Gasteiger partial charge in [0.1, 0.15) is 4.33 Å². The molecule has 0 aliphatic heterocycles. The van der Waals surface area contributed by atoms with Crippen LogP contribution in [0, 0.1) is 0 Å². The van der Waals surface area contributed by atoms with Crippen LogP contribution in [0.4, 0.5) is 0 Å². The fourth-order valence-corrected chi connectivity index (χ4v) is 5.44. The summed E-state index contributed by atoms with van der Waals surface area (Å²) in [5.74, 6) is 0. The van der Waals surface area contributed by atoms with Gasteiger partial charge < -0.3 is 0 Å². The number of rotatable bonds is 2. The van der Waals surface area contributed by atoms with Crippen molar-refractivity contribution in [1.82, 2.24) is 0 Å². The van der Waals surface area contributed by atoms with Gasteiger partial charge in [-0.2, -0.15) is 0 Å². The summed E-state index contributed by atoms with van der Waals surface area (Å²) in [6, 6.07) is 6.11. The molecule has 0 amide bonds. The molecule has 1 aliphatic rings. The lowest BCUT2D eigenvalue weighted by Gasteiger charge is -2.33. The smallest absolute Gasteiger partial charge is 0.184 e. The molecule has 1 fully saturated rings. The van der Waals surface area contributed by atoms with Crippen LogP contribution in [0.1, 0.15) is 25.7 Å². The third kappa shape index (κ3) is 2.79. The van der Waals surface area contributed by atoms with Crippen molar-refractivity contribution in [2.24, 2.45) is 0 Å². The Bertz CT molecular complexity index is 523. The maximum Gasteiger partial charge on any atom is 0.184 e. The summed E-state index contributed by atoms with van der Waals surface area (Å²) in [7, 11) is -3.51. The Kier molecular flexibility index (Phi) is 4.17. The summed E-state index contributed by atoms with van der Waals surface area (Å²) in [6.45, 7) is 0. The predicted molar refractivity (Wildman–Crippen MR) is 75.3 cm³/mol. The number of alkyl halides is 2. The van der Waals surface area contributed by atoms with E-state index in [2.05, 4.69) is 0 Å². The molecule has 2 nitrogen and oxygen atoms in total. The predicted octanol–water partition coefficient (Wildman–Crippen LogP) is 4.23. The molecule has 1 atom stereocenters. The van der Waals surface area contributed by atoms with Gasteiger partial charge in [-0.25, -0.2) is 8.42 Å². The molecule has 1 unspecified atom stereocenters. The van der Waals surface area contributed by atoms with Gasteiger partial charge in [-0.15, -0.1) is 23.2 Å². The van der Waals surface area contributed by atoms with E-state index in [0.29, 0.717) is 17.9 Å². The summed E-state index contributed by atoms with van der Waals surface area (Å²) >= 11 is 18.1. The van der Waals surface area contributed by atoms with E-state index in [1.807, 2.05) is 0 Å².